The molecule has 254 valence electrons. The Morgan fingerprint density at radius 3 is 2.33 bits per heavy atom. The number of nitrogens with zero attached hydrogens (tertiary/aromatic N) is 2. The number of likely N-dealkylation sites (tertiary alicyclic amines) is 1. The quantitative estimate of drug-likeness (QED) is 0.278. The number of alkyl carbamates (subject to hydrolysis) is 1. The molecule has 10 heteroatoms. The van der Waals surface area contributed by atoms with Crippen LogP contribution in [-0.2, 0) is 37.0 Å². The standard InChI is InChI=1S/C38H45N3O7/c1-26-33(23-40-19-8-3-2-4-9-20-40)47-37(48-35(26)29-17-15-27(24-42)16-18-29)30-13-10-14-31(21-30)41-34(43)22-32(36(41)44)39-38(45)46-25-28-11-6-5-7-12-28/h5-7,10-18,21,26,32-33,35,37,42H,2-4,8-9,19-20,22-25H2,1H3,(H,39,45)/t26-,32?,33+,35+,37+/m0/s1. The molecule has 0 bridgehead atoms. The van der Waals surface area contributed by atoms with Gasteiger partial charge in [0.1, 0.15) is 12.6 Å². The van der Waals surface area contributed by atoms with Gasteiger partial charge >= 0.3 is 6.09 Å². The Bertz CT molecular complexity index is 1540. The summed E-state index contributed by atoms with van der Waals surface area (Å²) in [6.45, 7) is 5.04. The minimum Gasteiger partial charge on any atom is -0.445 e. The van der Waals surface area contributed by atoms with E-state index in [1.807, 2.05) is 60.7 Å². The molecule has 3 saturated heterocycles. The largest absolute Gasteiger partial charge is 0.445 e. The minimum absolute atomic E-state index is 0.0311. The first-order valence-electron chi connectivity index (χ1n) is 17.1. The van der Waals surface area contributed by atoms with Gasteiger partial charge in [0, 0.05) is 18.0 Å². The maximum absolute atomic E-state index is 13.4. The van der Waals surface area contributed by atoms with Crippen LogP contribution in [0.15, 0.2) is 78.9 Å². The summed E-state index contributed by atoms with van der Waals surface area (Å²) in [5, 5.41) is 12.1. The van der Waals surface area contributed by atoms with Crippen molar-refractivity contribution in [2.24, 2.45) is 5.92 Å². The average Bonchev–Trinajstić information content (AvgIpc) is 3.37. The normalized spacial score (nSPS) is 25.4. The molecule has 3 heterocycles. The molecule has 3 aromatic carbocycles. The second kappa shape index (κ2) is 15.9. The summed E-state index contributed by atoms with van der Waals surface area (Å²) in [7, 11) is 0. The first-order valence-corrected chi connectivity index (χ1v) is 17.1. The number of rotatable bonds is 9. The Hall–Kier alpha value is -4.09. The summed E-state index contributed by atoms with van der Waals surface area (Å²) in [5.74, 6) is -0.892. The maximum Gasteiger partial charge on any atom is 0.408 e. The van der Waals surface area contributed by atoms with Gasteiger partial charge in [-0.3, -0.25) is 9.59 Å². The molecule has 0 radical (unpaired) electrons. The zero-order chi connectivity index (χ0) is 33.5. The molecule has 3 fully saturated rings. The van der Waals surface area contributed by atoms with Crippen LogP contribution in [0.1, 0.15) is 80.1 Å². The number of carbonyl (C=O) groups excluding carboxylic acids is 3. The monoisotopic (exact) mass is 655 g/mol. The molecular weight excluding hydrogens is 610 g/mol. The van der Waals surface area contributed by atoms with E-state index in [0.717, 1.165) is 41.2 Å². The van der Waals surface area contributed by atoms with Crippen LogP contribution in [0.5, 0.6) is 0 Å². The number of nitrogens with one attached hydrogen (secondary N) is 1. The molecule has 3 aliphatic rings. The number of amides is 3. The van der Waals surface area contributed by atoms with E-state index < -0.39 is 30.2 Å². The Morgan fingerprint density at radius 1 is 0.875 bits per heavy atom. The lowest BCUT2D eigenvalue weighted by molar-refractivity contribution is -0.276. The van der Waals surface area contributed by atoms with E-state index in [2.05, 4.69) is 17.1 Å². The van der Waals surface area contributed by atoms with Crippen LogP contribution in [0, 0.1) is 5.92 Å². The van der Waals surface area contributed by atoms with Gasteiger partial charge in [-0.25, -0.2) is 9.69 Å². The molecular formula is C38H45N3O7. The number of hydrogen-bond donors (Lipinski definition) is 2. The van der Waals surface area contributed by atoms with Gasteiger partial charge in [0.05, 0.1) is 30.9 Å². The molecule has 3 aliphatic heterocycles. The van der Waals surface area contributed by atoms with E-state index in [-0.39, 0.29) is 37.8 Å². The molecule has 5 atom stereocenters. The van der Waals surface area contributed by atoms with Crippen LogP contribution in [0.25, 0.3) is 0 Å². The van der Waals surface area contributed by atoms with Crippen molar-refractivity contribution in [2.75, 3.05) is 24.5 Å². The highest BCUT2D eigenvalue weighted by Crippen LogP contribution is 2.42. The predicted molar refractivity (Wildman–Crippen MR) is 180 cm³/mol. The van der Waals surface area contributed by atoms with Gasteiger partial charge in [-0.1, -0.05) is 92.9 Å². The van der Waals surface area contributed by atoms with E-state index in [4.69, 9.17) is 14.2 Å². The van der Waals surface area contributed by atoms with E-state index >= 15 is 0 Å². The third-order valence-electron chi connectivity index (χ3n) is 9.56. The molecule has 0 aromatic heterocycles. The summed E-state index contributed by atoms with van der Waals surface area (Å²) >= 11 is 0. The molecule has 3 aromatic rings. The first-order chi connectivity index (χ1) is 23.4. The molecule has 2 N–H and O–H groups in total. The van der Waals surface area contributed by atoms with Crippen molar-refractivity contribution in [1.82, 2.24) is 10.2 Å². The van der Waals surface area contributed by atoms with Gasteiger partial charge in [0.2, 0.25) is 5.91 Å². The van der Waals surface area contributed by atoms with Crippen molar-refractivity contribution in [1.29, 1.82) is 0 Å². The molecule has 0 saturated carbocycles. The molecule has 6 rings (SSSR count). The van der Waals surface area contributed by atoms with Crippen LogP contribution in [0.3, 0.4) is 0 Å². The van der Waals surface area contributed by atoms with Gasteiger partial charge in [-0.05, 0) is 54.8 Å². The van der Waals surface area contributed by atoms with Crippen LogP contribution in [-0.4, -0.2) is 59.7 Å². The second-order valence-electron chi connectivity index (χ2n) is 13.0. The lowest BCUT2D eigenvalue weighted by Crippen LogP contribution is -2.45. The second-order valence-corrected chi connectivity index (χ2v) is 13.0. The van der Waals surface area contributed by atoms with Gasteiger partial charge in [-0.2, -0.15) is 0 Å². The van der Waals surface area contributed by atoms with Crippen molar-refractivity contribution in [3.8, 4) is 0 Å². The number of ether oxygens (including phenoxy) is 3. The SMILES string of the molecule is C[C@H]1[C@@H](CN2CCCCCCC2)O[C@@H](c2cccc(N3C(=O)CC(NC(=O)OCc4ccccc4)C3=O)c2)O[C@H]1c1ccc(CO)cc1. The molecule has 3 amide bonds. The number of aliphatic hydroxyl groups excluding tert-OH is 1. The first kappa shape index (κ1) is 33.8. The average molecular weight is 656 g/mol. The predicted octanol–water partition coefficient (Wildman–Crippen LogP) is 5.79. The summed E-state index contributed by atoms with van der Waals surface area (Å²) in [4.78, 5) is 42.6. The zero-order valence-electron chi connectivity index (χ0n) is 27.5. The van der Waals surface area contributed by atoms with Gasteiger partial charge in [0.15, 0.2) is 6.29 Å². The summed E-state index contributed by atoms with van der Waals surface area (Å²) < 4.78 is 18.6. The number of aliphatic hydroxyl groups is 1. The Morgan fingerprint density at radius 2 is 1.60 bits per heavy atom. The fourth-order valence-electron chi connectivity index (χ4n) is 6.81. The molecule has 0 spiro atoms. The van der Waals surface area contributed by atoms with Crippen LogP contribution in [0.2, 0.25) is 0 Å². The number of benzene rings is 3. The number of hydrogen-bond acceptors (Lipinski definition) is 8. The lowest BCUT2D eigenvalue weighted by Gasteiger charge is -2.43. The van der Waals surface area contributed by atoms with Crippen molar-refractivity contribution in [3.63, 3.8) is 0 Å². The van der Waals surface area contributed by atoms with Gasteiger partial charge in [-0.15, -0.1) is 0 Å². The smallest absolute Gasteiger partial charge is 0.408 e. The Labute approximate surface area is 282 Å². The van der Waals surface area contributed by atoms with Crippen molar-refractivity contribution < 1.29 is 33.7 Å². The fraction of sp³-hybridized carbons (Fsp3) is 0.447. The Balaban J connectivity index is 1.18. The van der Waals surface area contributed by atoms with E-state index in [1.165, 1.54) is 32.1 Å². The third kappa shape index (κ3) is 8.13. The summed E-state index contributed by atoms with van der Waals surface area (Å²) in [5.41, 5.74) is 3.72. The van der Waals surface area contributed by atoms with Crippen molar-refractivity contribution in [2.45, 2.75) is 83.2 Å². The van der Waals surface area contributed by atoms with E-state index in [0.29, 0.717) is 11.3 Å². The minimum atomic E-state index is -1.03. The lowest BCUT2D eigenvalue weighted by atomic mass is 9.89. The van der Waals surface area contributed by atoms with Crippen LogP contribution < -0.4 is 10.2 Å². The molecule has 1 unspecified atom stereocenters. The van der Waals surface area contributed by atoms with Crippen molar-refractivity contribution >= 4 is 23.6 Å². The highest BCUT2D eigenvalue weighted by atomic mass is 16.7. The fourth-order valence-corrected chi connectivity index (χ4v) is 6.81. The van der Waals surface area contributed by atoms with Gasteiger partial charge < -0.3 is 29.5 Å². The molecule has 48 heavy (non-hydrogen) atoms. The highest BCUT2D eigenvalue weighted by molar-refractivity contribution is 6.22. The topological polar surface area (TPSA) is 118 Å². The maximum atomic E-state index is 13.4. The van der Waals surface area contributed by atoms with E-state index in [9.17, 15) is 19.5 Å². The summed E-state index contributed by atoms with van der Waals surface area (Å²) in [6, 6.07) is 23.1. The van der Waals surface area contributed by atoms with Crippen molar-refractivity contribution in [3.05, 3.63) is 101 Å². The zero-order valence-corrected chi connectivity index (χ0v) is 27.5. The highest BCUT2D eigenvalue weighted by Gasteiger charge is 2.42. The van der Waals surface area contributed by atoms with Crippen LogP contribution >= 0.6 is 0 Å². The van der Waals surface area contributed by atoms with Crippen LogP contribution in [0.4, 0.5) is 10.5 Å². The number of imide groups is 1. The van der Waals surface area contributed by atoms with Gasteiger partial charge in [0.25, 0.3) is 5.91 Å². The van der Waals surface area contributed by atoms with E-state index in [1.54, 1.807) is 18.2 Å². The molecule has 10 nitrogen and oxygen atoms in total. The Kier molecular flexibility index (Phi) is 11.2. The number of carbonyl (C=O) groups is 3. The third-order valence-corrected chi connectivity index (χ3v) is 9.56. The molecule has 0 aliphatic carbocycles. The summed E-state index contributed by atoms with van der Waals surface area (Å²) in [6.07, 6.45) is 4.07. The number of anilines is 1.